The third-order valence-corrected chi connectivity index (χ3v) is 9.29. The molecule has 3 heterocycles. The molecule has 0 aliphatic carbocycles. The smallest absolute Gasteiger partial charge is 0.258 e. The maximum Gasteiger partial charge on any atom is 0.258 e. The Labute approximate surface area is 274 Å². The van der Waals surface area contributed by atoms with Crippen molar-refractivity contribution in [1.29, 1.82) is 0 Å². The van der Waals surface area contributed by atoms with Crippen LogP contribution in [-0.4, -0.2) is 109 Å². The lowest BCUT2D eigenvalue weighted by molar-refractivity contribution is -0.142. The number of likely N-dealkylation sites (tertiary alicyclic amines) is 1. The molecule has 13 heteroatoms. The van der Waals surface area contributed by atoms with Crippen molar-refractivity contribution >= 4 is 23.6 Å². The highest BCUT2D eigenvalue weighted by Crippen LogP contribution is 2.35. The van der Waals surface area contributed by atoms with Gasteiger partial charge in [-0.25, -0.2) is 4.39 Å². The quantitative estimate of drug-likeness (QED) is 0.374. The highest BCUT2D eigenvalue weighted by Gasteiger charge is 2.39. The van der Waals surface area contributed by atoms with Crippen LogP contribution in [-0.2, 0) is 25.6 Å². The number of aliphatic hydroxyl groups excluding tert-OH is 1. The van der Waals surface area contributed by atoms with Crippen molar-refractivity contribution in [3.63, 3.8) is 0 Å². The minimum atomic E-state index is -1.18. The number of aliphatic hydroxyl groups is 1. The zero-order valence-electron chi connectivity index (χ0n) is 26.7. The summed E-state index contributed by atoms with van der Waals surface area (Å²) in [6.45, 7) is 3.98. The van der Waals surface area contributed by atoms with Crippen LogP contribution < -0.4 is 25.4 Å². The number of carbonyl (C=O) groups excluding carboxylic acids is 4. The zero-order chi connectivity index (χ0) is 33.4. The summed E-state index contributed by atoms with van der Waals surface area (Å²) >= 11 is 0. The molecule has 1 spiro atoms. The van der Waals surface area contributed by atoms with Crippen molar-refractivity contribution in [2.75, 3.05) is 52.5 Å². The minimum Gasteiger partial charge on any atom is -0.492 e. The van der Waals surface area contributed by atoms with Crippen molar-refractivity contribution in [2.24, 2.45) is 5.41 Å². The van der Waals surface area contributed by atoms with Crippen molar-refractivity contribution in [3.05, 3.63) is 59.9 Å². The second kappa shape index (κ2) is 15.6. The van der Waals surface area contributed by atoms with Gasteiger partial charge in [-0.1, -0.05) is 12.1 Å². The van der Waals surface area contributed by atoms with E-state index in [0.717, 1.165) is 31.5 Å². The van der Waals surface area contributed by atoms with Gasteiger partial charge >= 0.3 is 0 Å². The molecule has 2 bridgehead atoms. The lowest BCUT2D eigenvalue weighted by Crippen LogP contribution is -2.57. The molecule has 12 nitrogen and oxygen atoms in total. The number of fused-ring (bicyclic) bond motifs is 3. The van der Waals surface area contributed by atoms with Crippen LogP contribution in [0.2, 0.25) is 0 Å². The summed E-state index contributed by atoms with van der Waals surface area (Å²) in [5.41, 5.74) is 0.635. The predicted molar refractivity (Wildman–Crippen MR) is 170 cm³/mol. The molecule has 2 saturated heterocycles. The normalized spacial score (nSPS) is 24.6. The number of amides is 4. The van der Waals surface area contributed by atoms with Crippen LogP contribution in [0.5, 0.6) is 11.5 Å². The van der Waals surface area contributed by atoms with E-state index in [1.54, 1.807) is 25.1 Å². The Balaban J connectivity index is 1.30. The number of nitrogens with zero attached hydrogens (tertiary/aromatic N) is 2. The number of piperidine rings is 1. The van der Waals surface area contributed by atoms with Gasteiger partial charge in [-0.05, 0) is 99.5 Å². The monoisotopic (exact) mass is 653 g/mol. The van der Waals surface area contributed by atoms with Gasteiger partial charge < -0.3 is 35.4 Å². The van der Waals surface area contributed by atoms with Crippen molar-refractivity contribution in [2.45, 2.75) is 57.2 Å². The Morgan fingerprint density at radius 3 is 2.53 bits per heavy atom. The molecule has 0 radical (unpaired) electrons. The molecule has 47 heavy (non-hydrogen) atoms. The zero-order valence-corrected chi connectivity index (χ0v) is 26.7. The standard InChI is InChI=1S/C34H44FN5O7/c1-23-33(45)40-13-3-6-29(40)32(44)38-28(20-41)31(43)36-22-34(19-24-4-2-5-27(18-24)47-21-30(42)37-23)11-14-39(15-12-34)16-17-46-26-9-7-25(35)8-10-26/h2,4-5,7-10,18,23,28-29,41H,3,6,11-17,19-22H2,1H3,(H,36,43)(H,37,42)(H,38,44)/t23-,28-,29-/m0/s1. The summed E-state index contributed by atoms with van der Waals surface area (Å²) in [4.78, 5) is 56.2. The first-order chi connectivity index (χ1) is 22.6. The Morgan fingerprint density at radius 2 is 1.79 bits per heavy atom. The Morgan fingerprint density at radius 1 is 1.02 bits per heavy atom. The Bertz CT molecular complexity index is 1420. The molecule has 2 fully saturated rings. The topological polar surface area (TPSA) is 150 Å². The third kappa shape index (κ3) is 8.98. The van der Waals surface area contributed by atoms with E-state index in [1.165, 1.54) is 17.0 Å². The molecule has 4 N–H and O–H groups in total. The molecule has 254 valence electrons. The number of hydrogen-bond acceptors (Lipinski definition) is 8. The maximum absolute atomic E-state index is 13.4. The second-order valence-electron chi connectivity index (χ2n) is 12.7. The molecular formula is C34H44FN5O7. The molecular weight excluding hydrogens is 609 g/mol. The number of benzene rings is 2. The fraction of sp³-hybridized carbons (Fsp3) is 0.529. The van der Waals surface area contributed by atoms with Crippen LogP contribution in [0.3, 0.4) is 0 Å². The van der Waals surface area contributed by atoms with Gasteiger partial charge in [0.15, 0.2) is 6.61 Å². The summed E-state index contributed by atoms with van der Waals surface area (Å²) < 4.78 is 24.8. The van der Waals surface area contributed by atoms with Gasteiger partial charge in [0.25, 0.3) is 5.91 Å². The van der Waals surface area contributed by atoms with Crippen molar-refractivity contribution in [3.8, 4) is 11.5 Å². The first-order valence-corrected chi connectivity index (χ1v) is 16.3. The summed E-state index contributed by atoms with van der Waals surface area (Å²) in [6.07, 6.45) is 3.13. The molecule has 4 amide bonds. The van der Waals surface area contributed by atoms with Crippen molar-refractivity contribution < 1.29 is 38.1 Å². The molecule has 3 atom stereocenters. The highest BCUT2D eigenvalue weighted by molar-refractivity contribution is 5.94. The molecule has 2 aromatic carbocycles. The van der Waals surface area contributed by atoms with Gasteiger partial charge in [-0.15, -0.1) is 0 Å². The van der Waals surface area contributed by atoms with E-state index >= 15 is 0 Å². The van der Waals surface area contributed by atoms with E-state index in [2.05, 4.69) is 20.9 Å². The van der Waals surface area contributed by atoms with Crippen LogP contribution >= 0.6 is 0 Å². The minimum absolute atomic E-state index is 0.278. The molecule has 0 saturated carbocycles. The summed E-state index contributed by atoms with van der Waals surface area (Å²) in [7, 11) is 0. The lowest BCUT2D eigenvalue weighted by Gasteiger charge is -2.42. The number of halogens is 1. The van der Waals surface area contributed by atoms with Gasteiger partial charge in [0, 0.05) is 19.6 Å². The van der Waals surface area contributed by atoms with Gasteiger partial charge in [0.2, 0.25) is 17.7 Å². The van der Waals surface area contributed by atoms with E-state index in [4.69, 9.17) is 9.47 Å². The molecule has 3 aliphatic rings. The predicted octanol–water partition coefficient (Wildman–Crippen LogP) is 1.01. The Kier molecular flexibility index (Phi) is 11.3. The highest BCUT2D eigenvalue weighted by atomic mass is 19.1. The van der Waals surface area contributed by atoms with Crippen molar-refractivity contribution in [1.82, 2.24) is 25.8 Å². The third-order valence-electron chi connectivity index (χ3n) is 9.29. The first-order valence-electron chi connectivity index (χ1n) is 16.3. The number of rotatable bonds is 5. The van der Waals surface area contributed by atoms with E-state index in [0.29, 0.717) is 57.0 Å². The van der Waals surface area contributed by atoms with Crippen LogP contribution in [0.4, 0.5) is 4.39 Å². The van der Waals surface area contributed by atoms with Crippen LogP contribution in [0.1, 0.15) is 38.2 Å². The second-order valence-corrected chi connectivity index (χ2v) is 12.7. The number of ether oxygens (including phenoxy) is 2. The lowest BCUT2D eigenvalue weighted by atomic mass is 9.73. The van der Waals surface area contributed by atoms with Gasteiger partial charge in [-0.2, -0.15) is 0 Å². The molecule has 0 aromatic heterocycles. The fourth-order valence-corrected chi connectivity index (χ4v) is 6.57. The Hall–Kier alpha value is -4.23. The summed E-state index contributed by atoms with van der Waals surface area (Å²) in [6, 6.07) is 10.5. The molecule has 2 aromatic rings. The van der Waals surface area contributed by atoms with Crippen LogP contribution in [0.25, 0.3) is 0 Å². The average Bonchev–Trinajstić information content (AvgIpc) is 3.57. The van der Waals surface area contributed by atoms with Crippen LogP contribution in [0, 0.1) is 11.2 Å². The number of nitrogens with one attached hydrogen (secondary N) is 3. The number of carbonyl (C=O) groups is 4. The van der Waals surface area contributed by atoms with Gasteiger partial charge in [0.05, 0.1) is 6.61 Å². The van der Waals surface area contributed by atoms with E-state index in [1.807, 2.05) is 18.2 Å². The van der Waals surface area contributed by atoms with Crippen LogP contribution in [0.15, 0.2) is 48.5 Å². The van der Waals surface area contributed by atoms with E-state index < -0.39 is 48.4 Å². The molecule has 0 unspecified atom stereocenters. The maximum atomic E-state index is 13.4. The largest absolute Gasteiger partial charge is 0.492 e. The summed E-state index contributed by atoms with van der Waals surface area (Å²) in [5, 5.41) is 18.4. The average molecular weight is 654 g/mol. The molecule has 3 aliphatic heterocycles. The number of hydrogen-bond donors (Lipinski definition) is 4. The summed E-state index contributed by atoms with van der Waals surface area (Å²) in [5.74, 6) is -1.09. The van der Waals surface area contributed by atoms with Gasteiger partial charge in [0.1, 0.15) is 42.0 Å². The van der Waals surface area contributed by atoms with E-state index in [-0.39, 0.29) is 17.8 Å². The first kappa shape index (κ1) is 34.1. The van der Waals surface area contributed by atoms with E-state index in [9.17, 15) is 28.7 Å². The molecule has 5 rings (SSSR count). The SMILES string of the molecule is C[C@@H]1NC(=O)COc2cccc(c2)CC2(CCN(CCOc3ccc(F)cc3)CC2)CNC(=O)[C@H](CO)NC(=O)[C@@H]2CCCN2C1=O. The fourth-order valence-electron chi connectivity index (χ4n) is 6.57. The van der Waals surface area contributed by atoms with Gasteiger partial charge in [-0.3, -0.25) is 24.1 Å².